The van der Waals surface area contributed by atoms with E-state index < -0.39 is 0 Å². The Kier molecular flexibility index (Phi) is 6.24. The highest BCUT2D eigenvalue weighted by Gasteiger charge is 2.16. The van der Waals surface area contributed by atoms with Gasteiger partial charge in [0.25, 0.3) is 0 Å². The molecule has 0 spiro atoms. The number of methoxy groups -OCH3 is 1. The Hall–Kier alpha value is -1.35. The summed E-state index contributed by atoms with van der Waals surface area (Å²) in [5.74, 6) is -0.217. The second kappa shape index (κ2) is 8.18. The van der Waals surface area contributed by atoms with Crippen LogP contribution in [0.1, 0.15) is 60.0 Å². The number of carbonyl (C=O) groups excluding carboxylic acids is 1. The predicted molar refractivity (Wildman–Crippen MR) is 90.2 cm³/mol. The normalized spacial score (nSPS) is 11.0. The van der Waals surface area contributed by atoms with Crippen molar-refractivity contribution in [2.45, 2.75) is 51.9 Å². The molecule has 0 bridgehead atoms. The number of unbranched alkanes of at least 4 members (excludes halogenated alkanes) is 5. The molecule has 0 amide bonds. The van der Waals surface area contributed by atoms with Crippen molar-refractivity contribution in [2.24, 2.45) is 0 Å². The van der Waals surface area contributed by atoms with Gasteiger partial charge in [0, 0.05) is 10.3 Å². The first-order valence-corrected chi connectivity index (χ1v) is 8.68. The molecule has 1 aromatic carbocycles. The van der Waals surface area contributed by atoms with E-state index in [4.69, 9.17) is 4.74 Å². The minimum Gasteiger partial charge on any atom is -0.465 e. The molecule has 0 N–H and O–H groups in total. The standard InChI is InChI=1S/C18H24O2S/c1-3-4-5-6-7-8-13-16-14-11-9-10-12-15(14)17(21-16)18(19)20-2/h9-12H,3-8,13H2,1-2H3. The fourth-order valence-corrected chi connectivity index (χ4v) is 3.89. The van der Waals surface area contributed by atoms with Crippen LogP contribution in [0.4, 0.5) is 0 Å². The molecule has 1 heterocycles. The number of carbonyl (C=O) groups is 1. The summed E-state index contributed by atoms with van der Waals surface area (Å²) < 4.78 is 4.90. The maximum absolute atomic E-state index is 11.9. The first-order valence-electron chi connectivity index (χ1n) is 7.86. The zero-order valence-corrected chi connectivity index (χ0v) is 13.8. The average molecular weight is 304 g/mol. The first-order chi connectivity index (χ1) is 10.3. The van der Waals surface area contributed by atoms with Gasteiger partial charge in [-0.2, -0.15) is 0 Å². The molecule has 0 saturated heterocycles. The fourth-order valence-electron chi connectivity index (χ4n) is 2.65. The maximum atomic E-state index is 11.9. The van der Waals surface area contributed by atoms with Crippen LogP contribution in [-0.4, -0.2) is 13.1 Å². The highest BCUT2D eigenvalue weighted by Crippen LogP contribution is 2.33. The fraction of sp³-hybridized carbons (Fsp3) is 0.500. The van der Waals surface area contributed by atoms with Crippen LogP contribution in [0, 0.1) is 0 Å². The molecule has 0 radical (unpaired) electrons. The van der Waals surface area contributed by atoms with Crippen molar-refractivity contribution in [3.8, 4) is 0 Å². The number of fused-ring (bicyclic) bond motifs is 1. The Morgan fingerprint density at radius 2 is 1.71 bits per heavy atom. The first kappa shape index (κ1) is 16.0. The molecule has 2 aromatic rings. The lowest BCUT2D eigenvalue weighted by molar-refractivity contribution is 0.0608. The zero-order chi connectivity index (χ0) is 15.1. The van der Waals surface area contributed by atoms with E-state index >= 15 is 0 Å². The summed E-state index contributed by atoms with van der Waals surface area (Å²) >= 11 is 1.60. The Balaban J connectivity index is 2.04. The number of thiophene rings is 1. The number of rotatable bonds is 8. The predicted octanol–water partition coefficient (Wildman–Crippen LogP) is 5.59. The maximum Gasteiger partial charge on any atom is 0.348 e. The number of esters is 1. The van der Waals surface area contributed by atoms with Crippen LogP contribution >= 0.6 is 11.3 Å². The third-order valence-corrected chi connectivity index (χ3v) is 5.09. The van der Waals surface area contributed by atoms with Gasteiger partial charge in [0.15, 0.2) is 0 Å². The lowest BCUT2D eigenvalue weighted by atomic mass is 10.1. The van der Waals surface area contributed by atoms with Crippen molar-refractivity contribution in [1.82, 2.24) is 0 Å². The topological polar surface area (TPSA) is 26.3 Å². The van der Waals surface area contributed by atoms with Crippen LogP contribution in [0.15, 0.2) is 24.3 Å². The number of ether oxygens (including phenoxy) is 1. The molecule has 0 aliphatic heterocycles. The molecular weight excluding hydrogens is 280 g/mol. The van der Waals surface area contributed by atoms with Gasteiger partial charge >= 0.3 is 5.97 Å². The molecular formula is C18H24O2S. The summed E-state index contributed by atoms with van der Waals surface area (Å²) in [5, 5.41) is 2.26. The van der Waals surface area contributed by atoms with E-state index in [-0.39, 0.29) is 5.97 Å². The van der Waals surface area contributed by atoms with Gasteiger partial charge in [-0.1, -0.05) is 63.3 Å². The lowest BCUT2D eigenvalue weighted by Gasteiger charge is -2.00. The molecule has 114 valence electrons. The number of aryl methyl sites for hydroxylation is 1. The van der Waals surface area contributed by atoms with Crippen LogP contribution in [-0.2, 0) is 11.2 Å². The number of hydrogen-bond donors (Lipinski definition) is 0. The van der Waals surface area contributed by atoms with Gasteiger partial charge in [-0.25, -0.2) is 4.79 Å². The van der Waals surface area contributed by atoms with Gasteiger partial charge < -0.3 is 4.74 Å². The summed E-state index contributed by atoms with van der Waals surface area (Å²) in [6, 6.07) is 8.16. The van der Waals surface area contributed by atoms with Crippen molar-refractivity contribution in [3.05, 3.63) is 34.0 Å². The Morgan fingerprint density at radius 3 is 2.43 bits per heavy atom. The summed E-state index contributed by atoms with van der Waals surface area (Å²) in [6.07, 6.45) is 8.84. The lowest BCUT2D eigenvalue weighted by Crippen LogP contribution is -1.97. The van der Waals surface area contributed by atoms with Gasteiger partial charge in [-0.3, -0.25) is 0 Å². The van der Waals surface area contributed by atoms with Crippen LogP contribution in [0.25, 0.3) is 10.8 Å². The van der Waals surface area contributed by atoms with Gasteiger partial charge in [0.05, 0.1) is 7.11 Å². The highest BCUT2D eigenvalue weighted by molar-refractivity contribution is 7.15. The minimum absolute atomic E-state index is 0.217. The van der Waals surface area contributed by atoms with Gasteiger partial charge in [-0.15, -0.1) is 11.3 Å². The van der Waals surface area contributed by atoms with Gasteiger partial charge in [0.1, 0.15) is 4.88 Å². The van der Waals surface area contributed by atoms with E-state index in [9.17, 15) is 4.79 Å². The number of hydrogen-bond acceptors (Lipinski definition) is 3. The van der Waals surface area contributed by atoms with E-state index in [0.717, 1.165) is 16.7 Å². The third kappa shape index (κ3) is 4.07. The summed E-state index contributed by atoms with van der Waals surface area (Å²) in [7, 11) is 1.45. The van der Waals surface area contributed by atoms with Crippen LogP contribution in [0.3, 0.4) is 0 Å². The monoisotopic (exact) mass is 304 g/mol. The van der Waals surface area contributed by atoms with Gasteiger partial charge in [0.2, 0.25) is 0 Å². The highest BCUT2D eigenvalue weighted by atomic mass is 32.1. The smallest absolute Gasteiger partial charge is 0.348 e. The quantitative estimate of drug-likeness (QED) is 0.469. The SMILES string of the molecule is CCCCCCCCc1sc(C(=O)OC)c2ccccc12. The van der Waals surface area contributed by atoms with E-state index in [1.165, 1.54) is 55.9 Å². The van der Waals surface area contributed by atoms with E-state index in [0.29, 0.717) is 0 Å². The Morgan fingerprint density at radius 1 is 1.05 bits per heavy atom. The van der Waals surface area contributed by atoms with Crippen LogP contribution in [0.2, 0.25) is 0 Å². The largest absolute Gasteiger partial charge is 0.465 e. The molecule has 0 aliphatic carbocycles. The van der Waals surface area contributed by atoms with Crippen LogP contribution in [0.5, 0.6) is 0 Å². The Labute approximate surface area is 131 Å². The van der Waals surface area contributed by atoms with Crippen molar-refractivity contribution in [3.63, 3.8) is 0 Å². The second-order valence-electron chi connectivity index (χ2n) is 5.41. The third-order valence-electron chi connectivity index (χ3n) is 3.83. The summed E-state index contributed by atoms with van der Waals surface area (Å²) in [5.41, 5.74) is 0. The molecule has 0 fully saturated rings. The van der Waals surface area contributed by atoms with E-state index in [1.54, 1.807) is 11.3 Å². The minimum atomic E-state index is -0.217. The van der Waals surface area contributed by atoms with Crippen molar-refractivity contribution < 1.29 is 9.53 Å². The molecule has 0 unspecified atom stereocenters. The average Bonchev–Trinajstić information content (AvgIpc) is 2.89. The second-order valence-corrected chi connectivity index (χ2v) is 6.51. The van der Waals surface area contributed by atoms with Gasteiger partial charge in [-0.05, 0) is 18.2 Å². The van der Waals surface area contributed by atoms with Crippen molar-refractivity contribution >= 4 is 28.1 Å². The number of benzene rings is 1. The molecule has 0 saturated carbocycles. The molecule has 21 heavy (non-hydrogen) atoms. The van der Waals surface area contributed by atoms with Crippen molar-refractivity contribution in [2.75, 3.05) is 7.11 Å². The molecule has 2 nitrogen and oxygen atoms in total. The summed E-state index contributed by atoms with van der Waals surface area (Å²) in [6.45, 7) is 2.24. The molecule has 0 aliphatic rings. The van der Waals surface area contributed by atoms with Crippen molar-refractivity contribution in [1.29, 1.82) is 0 Å². The summed E-state index contributed by atoms with van der Waals surface area (Å²) in [4.78, 5) is 13.9. The van der Waals surface area contributed by atoms with E-state index in [1.807, 2.05) is 18.2 Å². The molecule has 0 atom stereocenters. The zero-order valence-electron chi connectivity index (χ0n) is 13.0. The Bertz CT molecular complexity index is 586. The molecule has 2 rings (SSSR count). The molecule has 1 aromatic heterocycles. The van der Waals surface area contributed by atoms with E-state index in [2.05, 4.69) is 13.0 Å². The molecule has 3 heteroatoms. The van der Waals surface area contributed by atoms with Crippen LogP contribution < -0.4 is 0 Å².